The third-order valence-electron chi connectivity index (χ3n) is 3.49. The largest absolute Gasteiger partial charge is 0.329 e. The fourth-order valence-corrected chi connectivity index (χ4v) is 2.05. The molecule has 2 heteroatoms. The summed E-state index contributed by atoms with van der Waals surface area (Å²) in [6, 6.07) is 0.501. The summed E-state index contributed by atoms with van der Waals surface area (Å²) in [7, 11) is 0. The van der Waals surface area contributed by atoms with E-state index in [0.29, 0.717) is 6.04 Å². The lowest BCUT2D eigenvalue weighted by Crippen LogP contribution is -2.37. The van der Waals surface area contributed by atoms with Crippen LogP contribution in [0.25, 0.3) is 0 Å². The van der Waals surface area contributed by atoms with Crippen molar-refractivity contribution in [1.82, 2.24) is 5.32 Å². The van der Waals surface area contributed by atoms with Gasteiger partial charge >= 0.3 is 0 Å². The van der Waals surface area contributed by atoms with Crippen LogP contribution in [0.2, 0.25) is 0 Å². The fraction of sp³-hybridized carbons (Fsp3) is 1.00. The summed E-state index contributed by atoms with van der Waals surface area (Å²) in [5, 5.41) is 3.53. The Morgan fingerprint density at radius 3 is 2.58 bits per heavy atom. The molecular formula is C10H20N2. The van der Waals surface area contributed by atoms with Gasteiger partial charge in [-0.05, 0) is 43.9 Å². The smallest absolute Gasteiger partial charge is 0.0162 e. The molecule has 0 aliphatic heterocycles. The van der Waals surface area contributed by atoms with Gasteiger partial charge in [-0.15, -0.1) is 0 Å². The van der Waals surface area contributed by atoms with Gasteiger partial charge in [0.25, 0.3) is 0 Å². The molecule has 2 aliphatic rings. The first-order valence-corrected chi connectivity index (χ1v) is 5.20. The summed E-state index contributed by atoms with van der Waals surface area (Å²) in [6.07, 6.45) is 5.89. The van der Waals surface area contributed by atoms with Gasteiger partial charge in [-0.25, -0.2) is 0 Å². The first kappa shape index (κ1) is 8.52. The zero-order chi connectivity index (χ0) is 8.60. The second-order valence-electron chi connectivity index (χ2n) is 4.65. The van der Waals surface area contributed by atoms with Crippen LogP contribution < -0.4 is 11.1 Å². The van der Waals surface area contributed by atoms with Crippen molar-refractivity contribution in [2.75, 3.05) is 13.1 Å². The SMILES string of the molecule is CC(CN)NCC1(C2CC2)CC1. The van der Waals surface area contributed by atoms with E-state index in [9.17, 15) is 0 Å². The topological polar surface area (TPSA) is 38.0 Å². The van der Waals surface area contributed by atoms with Gasteiger partial charge in [0.2, 0.25) is 0 Å². The second kappa shape index (κ2) is 3.00. The van der Waals surface area contributed by atoms with Gasteiger partial charge in [-0.1, -0.05) is 0 Å². The molecule has 0 amide bonds. The highest BCUT2D eigenvalue weighted by atomic mass is 15.0. The lowest BCUT2D eigenvalue weighted by atomic mass is 10.0. The van der Waals surface area contributed by atoms with Crippen LogP contribution in [0.3, 0.4) is 0 Å². The maximum atomic E-state index is 5.55. The molecule has 2 saturated carbocycles. The highest BCUT2D eigenvalue weighted by molar-refractivity contribution is 5.05. The van der Waals surface area contributed by atoms with Crippen LogP contribution in [0.1, 0.15) is 32.6 Å². The fourth-order valence-electron chi connectivity index (χ4n) is 2.05. The standard InChI is InChI=1S/C10H20N2/c1-8(6-11)12-7-10(4-5-10)9-2-3-9/h8-9,12H,2-7,11H2,1H3. The molecule has 12 heavy (non-hydrogen) atoms. The average molecular weight is 168 g/mol. The third kappa shape index (κ3) is 1.64. The summed E-state index contributed by atoms with van der Waals surface area (Å²) in [5.41, 5.74) is 6.28. The first-order chi connectivity index (χ1) is 5.77. The molecular weight excluding hydrogens is 148 g/mol. The minimum absolute atomic E-state index is 0.501. The first-order valence-electron chi connectivity index (χ1n) is 5.20. The normalized spacial score (nSPS) is 28.5. The van der Waals surface area contributed by atoms with E-state index in [1.165, 1.54) is 32.2 Å². The molecule has 1 unspecified atom stereocenters. The summed E-state index contributed by atoms with van der Waals surface area (Å²) >= 11 is 0. The number of hydrogen-bond donors (Lipinski definition) is 2. The van der Waals surface area contributed by atoms with Gasteiger partial charge in [0.1, 0.15) is 0 Å². The van der Waals surface area contributed by atoms with Crippen molar-refractivity contribution in [2.45, 2.75) is 38.6 Å². The van der Waals surface area contributed by atoms with Gasteiger partial charge in [0.05, 0.1) is 0 Å². The van der Waals surface area contributed by atoms with E-state index in [2.05, 4.69) is 12.2 Å². The molecule has 2 fully saturated rings. The van der Waals surface area contributed by atoms with Gasteiger partial charge < -0.3 is 11.1 Å². The van der Waals surface area contributed by atoms with Crippen LogP contribution in [-0.4, -0.2) is 19.1 Å². The molecule has 0 heterocycles. The molecule has 70 valence electrons. The van der Waals surface area contributed by atoms with Gasteiger partial charge in [0, 0.05) is 19.1 Å². The van der Waals surface area contributed by atoms with Crippen molar-refractivity contribution in [3.63, 3.8) is 0 Å². The Balaban J connectivity index is 1.71. The molecule has 0 saturated heterocycles. The van der Waals surface area contributed by atoms with Crippen LogP contribution in [-0.2, 0) is 0 Å². The summed E-state index contributed by atoms with van der Waals surface area (Å²) < 4.78 is 0. The molecule has 0 aromatic rings. The molecule has 0 aromatic heterocycles. The van der Waals surface area contributed by atoms with Crippen molar-refractivity contribution < 1.29 is 0 Å². The maximum absolute atomic E-state index is 5.55. The molecule has 0 bridgehead atoms. The highest BCUT2D eigenvalue weighted by Crippen LogP contribution is 2.60. The zero-order valence-electron chi connectivity index (χ0n) is 7.97. The summed E-state index contributed by atoms with van der Waals surface area (Å²) in [6.45, 7) is 4.15. The van der Waals surface area contributed by atoms with Gasteiger partial charge in [-0.3, -0.25) is 0 Å². The van der Waals surface area contributed by atoms with Gasteiger partial charge in [-0.2, -0.15) is 0 Å². The van der Waals surface area contributed by atoms with Crippen LogP contribution in [0.15, 0.2) is 0 Å². The lowest BCUT2D eigenvalue weighted by Gasteiger charge is -2.18. The zero-order valence-corrected chi connectivity index (χ0v) is 7.97. The summed E-state index contributed by atoms with van der Waals surface area (Å²) in [5.74, 6) is 1.06. The van der Waals surface area contributed by atoms with Crippen LogP contribution >= 0.6 is 0 Å². The Kier molecular flexibility index (Phi) is 2.13. The Bertz CT molecular complexity index is 159. The van der Waals surface area contributed by atoms with Gasteiger partial charge in [0.15, 0.2) is 0 Å². The highest BCUT2D eigenvalue weighted by Gasteiger charge is 2.53. The van der Waals surface area contributed by atoms with Crippen molar-refractivity contribution in [2.24, 2.45) is 17.1 Å². The predicted molar refractivity (Wildman–Crippen MR) is 50.9 cm³/mol. The predicted octanol–water partition coefficient (Wildman–Crippen LogP) is 1.11. The quantitative estimate of drug-likeness (QED) is 0.645. The molecule has 0 spiro atoms. The Morgan fingerprint density at radius 1 is 1.50 bits per heavy atom. The monoisotopic (exact) mass is 168 g/mol. The minimum atomic E-state index is 0.501. The third-order valence-corrected chi connectivity index (χ3v) is 3.49. The minimum Gasteiger partial charge on any atom is -0.329 e. The molecule has 0 radical (unpaired) electrons. The maximum Gasteiger partial charge on any atom is 0.0162 e. The van der Waals surface area contributed by atoms with E-state index in [0.717, 1.165) is 17.9 Å². The molecule has 2 nitrogen and oxygen atoms in total. The molecule has 2 aliphatic carbocycles. The number of nitrogens with one attached hydrogen (secondary N) is 1. The Hall–Kier alpha value is -0.0800. The van der Waals surface area contributed by atoms with E-state index < -0.39 is 0 Å². The van der Waals surface area contributed by atoms with Crippen molar-refractivity contribution in [3.8, 4) is 0 Å². The van der Waals surface area contributed by atoms with Crippen LogP contribution in [0.4, 0.5) is 0 Å². The lowest BCUT2D eigenvalue weighted by molar-refractivity contribution is 0.381. The Labute approximate surface area is 74.9 Å². The van der Waals surface area contributed by atoms with E-state index in [1.807, 2.05) is 0 Å². The van der Waals surface area contributed by atoms with Crippen molar-refractivity contribution in [3.05, 3.63) is 0 Å². The average Bonchev–Trinajstić information content (AvgIpc) is 2.88. The molecule has 2 rings (SSSR count). The van der Waals surface area contributed by atoms with Crippen molar-refractivity contribution in [1.29, 1.82) is 0 Å². The number of nitrogens with two attached hydrogens (primary N) is 1. The van der Waals surface area contributed by atoms with Crippen molar-refractivity contribution >= 4 is 0 Å². The molecule has 3 N–H and O–H groups in total. The number of hydrogen-bond acceptors (Lipinski definition) is 2. The summed E-state index contributed by atoms with van der Waals surface area (Å²) in [4.78, 5) is 0. The molecule has 0 aromatic carbocycles. The van der Waals surface area contributed by atoms with E-state index in [1.54, 1.807) is 0 Å². The van der Waals surface area contributed by atoms with E-state index >= 15 is 0 Å². The van der Waals surface area contributed by atoms with E-state index in [-0.39, 0.29) is 0 Å². The second-order valence-corrected chi connectivity index (χ2v) is 4.65. The van der Waals surface area contributed by atoms with E-state index in [4.69, 9.17) is 5.73 Å². The number of rotatable bonds is 5. The van der Waals surface area contributed by atoms with Crippen LogP contribution in [0, 0.1) is 11.3 Å². The molecule has 1 atom stereocenters. The Morgan fingerprint density at radius 2 is 2.17 bits per heavy atom. The van der Waals surface area contributed by atoms with Crippen LogP contribution in [0.5, 0.6) is 0 Å².